The van der Waals surface area contributed by atoms with Crippen molar-refractivity contribution in [2.45, 2.75) is 26.4 Å². The van der Waals surface area contributed by atoms with Gasteiger partial charge in [0.1, 0.15) is 11.3 Å². The fourth-order valence-corrected chi connectivity index (χ4v) is 2.33. The zero-order valence-electron chi connectivity index (χ0n) is 13.4. The Balaban J connectivity index is 2.06. The molecule has 0 radical (unpaired) electrons. The van der Waals surface area contributed by atoms with E-state index in [1.807, 2.05) is 57.2 Å². The maximum Gasteiger partial charge on any atom is 0.357 e. The Kier molecular flexibility index (Phi) is 3.78. The van der Waals surface area contributed by atoms with Crippen LogP contribution in [0.2, 0.25) is 0 Å². The summed E-state index contributed by atoms with van der Waals surface area (Å²) >= 11 is 0. The van der Waals surface area contributed by atoms with Gasteiger partial charge < -0.3 is 15.0 Å². The van der Waals surface area contributed by atoms with Gasteiger partial charge in [-0.2, -0.15) is 0 Å². The molecule has 0 aliphatic heterocycles. The van der Waals surface area contributed by atoms with Crippen LogP contribution in [0.3, 0.4) is 0 Å². The molecule has 5 heteroatoms. The molecule has 0 bridgehead atoms. The van der Waals surface area contributed by atoms with E-state index in [9.17, 15) is 4.79 Å². The molecule has 3 aromatic rings. The number of carbonyl (C=O) groups is 1. The molecule has 1 aromatic carbocycles. The Bertz CT molecular complexity index is 832. The molecule has 2 heterocycles. The smallest absolute Gasteiger partial charge is 0.357 e. The molecular formula is C18H19N3O2. The monoisotopic (exact) mass is 309 g/mol. The Morgan fingerprint density at radius 2 is 1.83 bits per heavy atom. The van der Waals surface area contributed by atoms with Gasteiger partial charge in [-0.25, -0.2) is 4.79 Å². The normalized spacial score (nSPS) is 11.4. The summed E-state index contributed by atoms with van der Waals surface area (Å²) in [5.41, 5.74) is 2.31. The number of esters is 1. The molecule has 2 N–H and O–H groups in total. The summed E-state index contributed by atoms with van der Waals surface area (Å²) in [6, 6.07) is 11.5. The van der Waals surface area contributed by atoms with Crippen molar-refractivity contribution >= 4 is 28.2 Å². The van der Waals surface area contributed by atoms with Crippen LogP contribution in [0.1, 0.15) is 31.3 Å². The van der Waals surface area contributed by atoms with Gasteiger partial charge >= 0.3 is 5.97 Å². The van der Waals surface area contributed by atoms with Crippen LogP contribution in [0.4, 0.5) is 11.4 Å². The molecule has 118 valence electrons. The number of hydrogen-bond acceptors (Lipinski definition) is 4. The third kappa shape index (κ3) is 3.34. The zero-order valence-corrected chi connectivity index (χ0v) is 13.4. The summed E-state index contributed by atoms with van der Waals surface area (Å²) in [4.78, 5) is 19.7. The number of para-hydroxylation sites is 1. The van der Waals surface area contributed by atoms with Gasteiger partial charge in [-0.15, -0.1) is 0 Å². The summed E-state index contributed by atoms with van der Waals surface area (Å²) in [6.45, 7) is 5.55. The minimum Gasteiger partial charge on any atom is -0.455 e. The first kappa shape index (κ1) is 15.1. The highest BCUT2D eigenvalue weighted by molar-refractivity contribution is 6.07. The number of hydrogen-bond donors (Lipinski definition) is 2. The van der Waals surface area contributed by atoms with Gasteiger partial charge in [0, 0.05) is 29.0 Å². The van der Waals surface area contributed by atoms with Crippen molar-refractivity contribution in [3.05, 3.63) is 54.5 Å². The van der Waals surface area contributed by atoms with Gasteiger partial charge in [0.25, 0.3) is 0 Å². The molecule has 23 heavy (non-hydrogen) atoms. The Labute approximate surface area is 134 Å². The molecule has 0 atom stereocenters. The van der Waals surface area contributed by atoms with Crippen molar-refractivity contribution in [1.29, 1.82) is 0 Å². The lowest BCUT2D eigenvalue weighted by Gasteiger charge is -2.19. The van der Waals surface area contributed by atoms with Gasteiger partial charge in [-0.1, -0.05) is 18.2 Å². The lowest BCUT2D eigenvalue weighted by atomic mass is 10.2. The Morgan fingerprint density at radius 1 is 1.13 bits per heavy atom. The van der Waals surface area contributed by atoms with E-state index in [-0.39, 0.29) is 5.97 Å². The number of benzene rings is 1. The van der Waals surface area contributed by atoms with Gasteiger partial charge in [-0.3, -0.25) is 4.98 Å². The second-order valence-electron chi connectivity index (χ2n) is 6.28. The fraction of sp³-hybridized carbons (Fsp3) is 0.222. The molecule has 0 amide bonds. The second kappa shape index (κ2) is 5.76. The largest absolute Gasteiger partial charge is 0.455 e. The van der Waals surface area contributed by atoms with Crippen LogP contribution in [-0.4, -0.2) is 21.5 Å². The lowest BCUT2D eigenvalue weighted by molar-refractivity contribution is 0.00651. The summed E-state index contributed by atoms with van der Waals surface area (Å²) in [5, 5.41) is 4.23. The molecule has 3 rings (SSSR count). The van der Waals surface area contributed by atoms with Crippen molar-refractivity contribution in [2.75, 3.05) is 5.32 Å². The first-order valence-corrected chi connectivity index (χ1v) is 7.45. The van der Waals surface area contributed by atoms with E-state index in [4.69, 9.17) is 4.74 Å². The number of nitrogens with zero attached hydrogens (tertiary/aromatic N) is 1. The molecule has 5 nitrogen and oxygen atoms in total. The number of anilines is 2. The third-order valence-corrected chi connectivity index (χ3v) is 3.26. The molecule has 0 aliphatic carbocycles. The second-order valence-corrected chi connectivity index (χ2v) is 6.28. The van der Waals surface area contributed by atoms with E-state index in [1.54, 1.807) is 12.4 Å². The molecular weight excluding hydrogens is 290 g/mol. The molecule has 0 unspecified atom stereocenters. The van der Waals surface area contributed by atoms with Crippen molar-refractivity contribution in [1.82, 2.24) is 9.97 Å². The number of nitrogens with one attached hydrogen (secondary N) is 2. The summed E-state index contributed by atoms with van der Waals surface area (Å²) in [7, 11) is 0. The first-order valence-electron chi connectivity index (χ1n) is 7.45. The molecule has 0 spiro atoms. The summed E-state index contributed by atoms with van der Waals surface area (Å²) in [6.07, 6.45) is 3.40. The first-order chi connectivity index (χ1) is 10.9. The van der Waals surface area contributed by atoms with Crippen LogP contribution < -0.4 is 5.32 Å². The van der Waals surface area contributed by atoms with E-state index in [0.29, 0.717) is 11.4 Å². The quantitative estimate of drug-likeness (QED) is 0.709. The van der Waals surface area contributed by atoms with Crippen molar-refractivity contribution in [2.24, 2.45) is 0 Å². The number of fused-ring (bicyclic) bond motifs is 1. The zero-order chi connectivity index (χ0) is 16.4. The minimum absolute atomic E-state index is 0.384. The van der Waals surface area contributed by atoms with E-state index >= 15 is 0 Å². The maximum absolute atomic E-state index is 12.5. The molecule has 0 fully saturated rings. The van der Waals surface area contributed by atoms with Crippen LogP contribution in [0.25, 0.3) is 10.9 Å². The lowest BCUT2D eigenvalue weighted by Crippen LogP contribution is -2.24. The fourth-order valence-electron chi connectivity index (χ4n) is 2.33. The number of H-pyrrole nitrogens is 1. The average Bonchev–Trinajstić information content (AvgIpc) is 2.86. The minimum atomic E-state index is -0.553. The molecule has 2 aromatic heterocycles. The van der Waals surface area contributed by atoms with E-state index < -0.39 is 5.60 Å². The van der Waals surface area contributed by atoms with Crippen molar-refractivity contribution in [3.63, 3.8) is 0 Å². The Hall–Kier alpha value is -2.82. The summed E-state index contributed by atoms with van der Waals surface area (Å²) < 4.78 is 5.51. The Morgan fingerprint density at radius 3 is 2.52 bits per heavy atom. The van der Waals surface area contributed by atoms with Crippen molar-refractivity contribution in [3.8, 4) is 0 Å². The maximum atomic E-state index is 12.5. The predicted octanol–water partition coefficient (Wildman–Crippen LogP) is 4.26. The highest BCUT2D eigenvalue weighted by Gasteiger charge is 2.23. The van der Waals surface area contributed by atoms with Gasteiger partial charge in [0.2, 0.25) is 0 Å². The number of aromatic amines is 1. The number of rotatable bonds is 3. The number of aromatic nitrogens is 2. The van der Waals surface area contributed by atoms with Gasteiger partial charge in [-0.05, 0) is 39.0 Å². The number of carbonyl (C=O) groups excluding carboxylic acids is 1. The number of pyridine rings is 1. The van der Waals surface area contributed by atoms with E-state index in [1.165, 1.54) is 0 Å². The van der Waals surface area contributed by atoms with E-state index in [0.717, 1.165) is 16.6 Å². The van der Waals surface area contributed by atoms with Gasteiger partial charge in [0.05, 0.1) is 5.69 Å². The van der Waals surface area contributed by atoms with Crippen molar-refractivity contribution < 1.29 is 9.53 Å². The van der Waals surface area contributed by atoms with Crippen LogP contribution in [0.15, 0.2) is 48.8 Å². The summed E-state index contributed by atoms with van der Waals surface area (Å²) in [5.74, 6) is -0.384. The van der Waals surface area contributed by atoms with Crippen LogP contribution in [-0.2, 0) is 4.74 Å². The average molecular weight is 309 g/mol. The SMILES string of the molecule is CC(C)(C)OC(=O)c1[nH]c2ccccc2c1Nc1ccncc1. The predicted molar refractivity (Wildman–Crippen MR) is 91.0 cm³/mol. The third-order valence-electron chi connectivity index (χ3n) is 3.26. The molecule has 0 saturated carbocycles. The standard InChI is InChI=1S/C18H19N3O2/c1-18(2,3)23-17(22)16-15(20-12-8-10-19-11-9-12)13-6-4-5-7-14(13)21-16/h4-11,21H,1-3H3,(H,19,20). The van der Waals surface area contributed by atoms with Crippen LogP contribution in [0, 0.1) is 0 Å². The highest BCUT2D eigenvalue weighted by atomic mass is 16.6. The van der Waals surface area contributed by atoms with E-state index in [2.05, 4.69) is 15.3 Å². The highest BCUT2D eigenvalue weighted by Crippen LogP contribution is 2.31. The topological polar surface area (TPSA) is 67.0 Å². The van der Waals surface area contributed by atoms with Crippen LogP contribution in [0.5, 0.6) is 0 Å². The molecule has 0 aliphatic rings. The van der Waals surface area contributed by atoms with Gasteiger partial charge in [0.15, 0.2) is 0 Å². The molecule has 0 saturated heterocycles. The van der Waals surface area contributed by atoms with Crippen LogP contribution >= 0.6 is 0 Å². The number of ether oxygens (including phenoxy) is 1.